The molecule has 0 heterocycles. The molecular formula is C16H17ClN2S2. The molecule has 0 bridgehead atoms. The van der Waals surface area contributed by atoms with Gasteiger partial charge in [0.25, 0.3) is 0 Å². The van der Waals surface area contributed by atoms with Crippen LogP contribution < -0.4 is 10.6 Å². The lowest BCUT2D eigenvalue weighted by Gasteiger charge is -2.11. The summed E-state index contributed by atoms with van der Waals surface area (Å²) >= 11 is 13.2. The Kier molecular flexibility index (Phi) is 6.86. The average molecular weight is 337 g/mol. The largest absolute Gasteiger partial charge is 0.362 e. The minimum Gasteiger partial charge on any atom is -0.362 e. The maximum atomic E-state index is 6.10. The summed E-state index contributed by atoms with van der Waals surface area (Å²) in [6.45, 7) is 1.46. The van der Waals surface area contributed by atoms with E-state index in [1.54, 1.807) is 0 Å². The third-order valence-electron chi connectivity index (χ3n) is 2.80. The number of hydrogen-bond acceptors (Lipinski definition) is 2. The van der Waals surface area contributed by atoms with Crippen LogP contribution in [-0.2, 0) is 6.54 Å². The van der Waals surface area contributed by atoms with Crippen molar-refractivity contribution in [2.45, 2.75) is 11.4 Å². The van der Waals surface area contributed by atoms with Crippen LogP contribution >= 0.6 is 35.6 Å². The molecule has 0 unspecified atom stereocenters. The van der Waals surface area contributed by atoms with Gasteiger partial charge >= 0.3 is 0 Å². The highest BCUT2D eigenvalue weighted by Gasteiger charge is 2.00. The molecule has 2 rings (SSSR count). The second-order valence-corrected chi connectivity index (χ2v) is 6.35. The molecule has 0 aliphatic carbocycles. The second kappa shape index (κ2) is 8.93. The Labute approximate surface area is 140 Å². The number of nitrogens with one attached hydrogen (secondary N) is 2. The van der Waals surface area contributed by atoms with Gasteiger partial charge in [-0.15, -0.1) is 11.8 Å². The highest BCUT2D eigenvalue weighted by Crippen LogP contribution is 2.16. The first-order valence-electron chi connectivity index (χ1n) is 6.68. The number of halogens is 1. The van der Waals surface area contributed by atoms with E-state index in [1.807, 2.05) is 54.2 Å². The second-order valence-electron chi connectivity index (χ2n) is 4.36. The zero-order valence-electron chi connectivity index (χ0n) is 11.5. The van der Waals surface area contributed by atoms with Crippen LogP contribution in [0.15, 0.2) is 59.5 Å². The molecule has 2 aromatic rings. The van der Waals surface area contributed by atoms with Crippen LogP contribution in [0.3, 0.4) is 0 Å². The molecule has 2 aromatic carbocycles. The van der Waals surface area contributed by atoms with Crippen molar-refractivity contribution in [3.63, 3.8) is 0 Å². The van der Waals surface area contributed by atoms with E-state index in [9.17, 15) is 0 Å². The first kappa shape index (κ1) is 16.1. The molecule has 0 fully saturated rings. The van der Waals surface area contributed by atoms with E-state index in [0.29, 0.717) is 11.7 Å². The highest BCUT2D eigenvalue weighted by molar-refractivity contribution is 7.99. The van der Waals surface area contributed by atoms with Crippen molar-refractivity contribution in [1.29, 1.82) is 0 Å². The molecule has 0 aliphatic heterocycles. The molecule has 0 aromatic heterocycles. The summed E-state index contributed by atoms with van der Waals surface area (Å²) in [5.74, 6) is 0.970. The number of rotatable bonds is 6. The fraction of sp³-hybridized carbons (Fsp3) is 0.188. The molecule has 2 nitrogen and oxygen atoms in total. The summed E-state index contributed by atoms with van der Waals surface area (Å²) < 4.78 is 0. The molecule has 0 atom stereocenters. The van der Waals surface area contributed by atoms with Crippen LogP contribution in [0.4, 0.5) is 0 Å². The maximum Gasteiger partial charge on any atom is 0.166 e. The Hall–Kier alpha value is -1.23. The summed E-state index contributed by atoms with van der Waals surface area (Å²) in [6.07, 6.45) is 0. The van der Waals surface area contributed by atoms with Gasteiger partial charge < -0.3 is 10.6 Å². The van der Waals surface area contributed by atoms with Crippen molar-refractivity contribution in [3.8, 4) is 0 Å². The summed E-state index contributed by atoms with van der Waals surface area (Å²) in [4.78, 5) is 1.27. The molecule has 0 saturated heterocycles. The number of benzene rings is 2. The molecule has 0 amide bonds. The van der Waals surface area contributed by atoms with Crippen molar-refractivity contribution in [2.24, 2.45) is 0 Å². The van der Waals surface area contributed by atoms with Gasteiger partial charge in [-0.1, -0.05) is 48.0 Å². The molecule has 21 heavy (non-hydrogen) atoms. The van der Waals surface area contributed by atoms with Gasteiger partial charge in [-0.3, -0.25) is 0 Å². The van der Waals surface area contributed by atoms with E-state index in [2.05, 4.69) is 22.8 Å². The fourth-order valence-electron chi connectivity index (χ4n) is 1.73. The first-order valence-corrected chi connectivity index (χ1v) is 8.46. The topological polar surface area (TPSA) is 24.1 Å². The predicted molar refractivity (Wildman–Crippen MR) is 96.1 cm³/mol. The molecule has 0 spiro atoms. The van der Waals surface area contributed by atoms with Crippen molar-refractivity contribution < 1.29 is 0 Å². The fourth-order valence-corrected chi connectivity index (χ4v) is 2.90. The van der Waals surface area contributed by atoms with Gasteiger partial charge in [0.15, 0.2) is 5.11 Å². The van der Waals surface area contributed by atoms with E-state index in [0.717, 1.165) is 22.9 Å². The molecule has 110 valence electrons. The normalized spacial score (nSPS) is 10.1. The van der Waals surface area contributed by atoms with Gasteiger partial charge in [0.1, 0.15) is 0 Å². The maximum absolute atomic E-state index is 6.10. The van der Waals surface area contributed by atoms with Gasteiger partial charge in [0.05, 0.1) is 0 Å². The highest BCUT2D eigenvalue weighted by atomic mass is 35.5. The van der Waals surface area contributed by atoms with Gasteiger partial charge in [-0.2, -0.15) is 0 Å². The van der Waals surface area contributed by atoms with E-state index in [1.165, 1.54) is 4.90 Å². The Morgan fingerprint density at radius 3 is 2.48 bits per heavy atom. The van der Waals surface area contributed by atoms with Crippen LogP contribution in [0.5, 0.6) is 0 Å². The summed E-state index contributed by atoms with van der Waals surface area (Å²) in [5.41, 5.74) is 1.04. The molecular weight excluding hydrogens is 320 g/mol. The van der Waals surface area contributed by atoms with E-state index >= 15 is 0 Å². The van der Waals surface area contributed by atoms with Crippen LogP contribution in [0.1, 0.15) is 5.56 Å². The zero-order valence-corrected chi connectivity index (χ0v) is 13.9. The Bertz CT molecular complexity index is 575. The van der Waals surface area contributed by atoms with Crippen LogP contribution in [0.25, 0.3) is 0 Å². The third kappa shape index (κ3) is 5.96. The summed E-state index contributed by atoms with van der Waals surface area (Å²) in [6, 6.07) is 18.1. The minimum atomic E-state index is 0.636. The van der Waals surface area contributed by atoms with Crippen molar-refractivity contribution in [2.75, 3.05) is 12.3 Å². The molecule has 0 saturated carbocycles. The SMILES string of the molecule is S=C(NCCSc1ccccc1)NCc1ccccc1Cl. The lowest BCUT2D eigenvalue weighted by molar-refractivity contribution is 0.858. The van der Waals surface area contributed by atoms with Crippen LogP contribution in [-0.4, -0.2) is 17.4 Å². The quantitative estimate of drug-likeness (QED) is 0.471. The van der Waals surface area contributed by atoms with Crippen molar-refractivity contribution >= 4 is 40.7 Å². The molecule has 2 N–H and O–H groups in total. The van der Waals surface area contributed by atoms with Gasteiger partial charge in [-0.25, -0.2) is 0 Å². The monoisotopic (exact) mass is 336 g/mol. The first-order chi connectivity index (χ1) is 10.3. The molecule has 0 radical (unpaired) electrons. The van der Waals surface area contributed by atoms with Crippen LogP contribution in [0.2, 0.25) is 5.02 Å². The number of thioether (sulfide) groups is 1. The summed E-state index contributed by atoms with van der Waals surface area (Å²) in [7, 11) is 0. The van der Waals surface area contributed by atoms with E-state index < -0.39 is 0 Å². The molecule has 5 heteroatoms. The number of thiocarbonyl (C=S) groups is 1. The third-order valence-corrected chi connectivity index (χ3v) is 4.47. The summed E-state index contributed by atoms with van der Waals surface area (Å²) in [5, 5.41) is 7.78. The van der Waals surface area contributed by atoms with Crippen molar-refractivity contribution in [3.05, 3.63) is 65.2 Å². The predicted octanol–water partition coefficient (Wildman–Crippen LogP) is 4.10. The van der Waals surface area contributed by atoms with Gasteiger partial charge in [0.2, 0.25) is 0 Å². The van der Waals surface area contributed by atoms with E-state index in [4.69, 9.17) is 23.8 Å². The van der Waals surface area contributed by atoms with Gasteiger partial charge in [0, 0.05) is 28.8 Å². The molecule has 0 aliphatic rings. The Morgan fingerprint density at radius 2 is 1.71 bits per heavy atom. The Morgan fingerprint density at radius 1 is 1.00 bits per heavy atom. The van der Waals surface area contributed by atoms with E-state index in [-0.39, 0.29) is 0 Å². The Balaban J connectivity index is 1.63. The van der Waals surface area contributed by atoms with Gasteiger partial charge in [-0.05, 0) is 36.0 Å². The smallest absolute Gasteiger partial charge is 0.166 e. The van der Waals surface area contributed by atoms with Crippen LogP contribution in [0, 0.1) is 0 Å². The standard InChI is InChI=1S/C16H17ClN2S2/c17-15-9-5-4-6-13(15)12-19-16(20)18-10-11-21-14-7-2-1-3-8-14/h1-9H,10-12H2,(H2,18,19,20). The minimum absolute atomic E-state index is 0.636. The van der Waals surface area contributed by atoms with Crippen molar-refractivity contribution in [1.82, 2.24) is 10.6 Å². The zero-order chi connectivity index (χ0) is 14.9. The lowest BCUT2D eigenvalue weighted by atomic mass is 10.2. The number of hydrogen-bond donors (Lipinski definition) is 2. The lowest BCUT2D eigenvalue weighted by Crippen LogP contribution is -2.36. The average Bonchev–Trinajstić information content (AvgIpc) is 2.52.